The SMILES string of the molecule is COc1cc2cc(c1Cl)N(C)C(=O)CC(OC(=O)[C@H](C)N(C)C(=O)CCCN1C(=O)CC(SC[C@H](N)C(=O)NCCC(C)=O)C1=O)C1(C)OC1C(C)C1CC(O)(NC(=O)O1)C(OC)/C=C\C=C(/C)C2. The summed E-state index contributed by atoms with van der Waals surface area (Å²) >= 11 is 7.88. The number of amides is 6. The molecule has 4 heterocycles. The largest absolute Gasteiger partial charge is 0.495 e. The fraction of sp³-hybridized carbons (Fsp3) is 0.617. The van der Waals surface area contributed by atoms with Crippen LogP contribution in [0.2, 0.25) is 5.02 Å². The monoisotopic (exact) mass is 1000 g/mol. The molecule has 10 atom stereocenters. The third-order valence-corrected chi connectivity index (χ3v) is 14.8. The average Bonchev–Trinajstić information content (AvgIpc) is 3.92. The molecule has 6 amide bonds. The number of nitrogens with two attached hydrogens (primary N) is 1. The van der Waals surface area contributed by atoms with Crippen LogP contribution in [-0.4, -0.2) is 163 Å². The second kappa shape index (κ2) is 23.2. The van der Waals surface area contributed by atoms with Crippen molar-refractivity contribution < 1.29 is 67.1 Å². The Morgan fingerprint density at radius 2 is 1.84 bits per heavy atom. The van der Waals surface area contributed by atoms with Gasteiger partial charge in [0.1, 0.15) is 46.5 Å². The molecule has 5 N–H and O–H groups in total. The minimum absolute atomic E-state index is 0.0562. The number of benzene rings is 1. The number of epoxide rings is 1. The molecule has 380 valence electrons. The highest BCUT2D eigenvalue weighted by molar-refractivity contribution is 8.00. The predicted molar refractivity (Wildman–Crippen MR) is 254 cm³/mol. The lowest BCUT2D eigenvalue weighted by molar-refractivity contribution is -0.162. The van der Waals surface area contributed by atoms with Crippen molar-refractivity contribution in [1.82, 2.24) is 20.4 Å². The number of nitrogens with zero attached hydrogens (tertiary/aromatic N) is 3. The van der Waals surface area contributed by atoms with Gasteiger partial charge in [0.15, 0.2) is 5.72 Å². The van der Waals surface area contributed by atoms with Crippen LogP contribution in [-0.2, 0) is 58.9 Å². The number of nitrogens with one attached hydrogen (secondary N) is 2. The summed E-state index contributed by atoms with van der Waals surface area (Å²) < 4.78 is 29.3. The van der Waals surface area contributed by atoms with E-state index in [1.54, 1.807) is 38.1 Å². The minimum Gasteiger partial charge on any atom is -0.495 e. The van der Waals surface area contributed by atoms with Crippen LogP contribution in [0.4, 0.5) is 10.5 Å². The number of aliphatic hydroxyl groups is 1. The lowest BCUT2D eigenvalue weighted by Crippen LogP contribution is -2.63. The number of fused-ring (bicyclic) bond motifs is 5. The van der Waals surface area contributed by atoms with Crippen LogP contribution in [0.3, 0.4) is 0 Å². The van der Waals surface area contributed by atoms with Gasteiger partial charge in [0, 0.05) is 71.6 Å². The third-order valence-electron chi connectivity index (χ3n) is 13.1. The van der Waals surface area contributed by atoms with Crippen LogP contribution in [0.25, 0.3) is 0 Å². The predicted octanol–water partition coefficient (Wildman–Crippen LogP) is 2.58. The maximum atomic E-state index is 14.3. The molecule has 20 nitrogen and oxygen atoms in total. The van der Waals surface area contributed by atoms with E-state index < -0.39 is 107 Å². The number of ketones is 1. The number of hydrogen-bond acceptors (Lipinski definition) is 16. The van der Waals surface area contributed by atoms with Crippen molar-refractivity contribution in [3.05, 3.63) is 46.5 Å². The summed E-state index contributed by atoms with van der Waals surface area (Å²) in [5, 5.41) is 16.3. The van der Waals surface area contributed by atoms with E-state index in [2.05, 4.69) is 10.6 Å². The fourth-order valence-electron chi connectivity index (χ4n) is 8.59. The minimum atomic E-state index is -1.89. The number of hydrogen-bond donors (Lipinski definition) is 4. The molecule has 0 spiro atoms. The number of imide groups is 1. The van der Waals surface area contributed by atoms with E-state index in [1.807, 2.05) is 13.0 Å². The van der Waals surface area contributed by atoms with E-state index in [0.29, 0.717) is 17.9 Å². The number of ether oxygens (including phenoxy) is 5. The molecule has 1 aromatic carbocycles. The van der Waals surface area contributed by atoms with Gasteiger partial charge in [-0.25, -0.2) is 9.59 Å². The lowest BCUT2D eigenvalue weighted by Gasteiger charge is -2.42. The zero-order chi connectivity index (χ0) is 51.1. The zero-order valence-electron chi connectivity index (χ0n) is 40.5. The van der Waals surface area contributed by atoms with Crippen LogP contribution in [0.15, 0.2) is 35.9 Å². The number of Topliss-reactive ketones (excluding diaryl/α,β-unsaturated/α-hetero) is 1. The second-order valence-corrected chi connectivity index (χ2v) is 19.9. The zero-order valence-corrected chi connectivity index (χ0v) is 42.1. The van der Waals surface area contributed by atoms with E-state index in [9.17, 15) is 43.5 Å². The van der Waals surface area contributed by atoms with Crippen LogP contribution >= 0.6 is 23.4 Å². The molecule has 22 heteroatoms. The van der Waals surface area contributed by atoms with Crippen LogP contribution in [0.1, 0.15) is 78.7 Å². The van der Waals surface area contributed by atoms with Gasteiger partial charge in [-0.2, -0.15) is 0 Å². The van der Waals surface area contributed by atoms with Crippen molar-refractivity contribution in [3.63, 3.8) is 0 Å². The van der Waals surface area contributed by atoms with Gasteiger partial charge in [0.05, 0.1) is 36.6 Å². The summed E-state index contributed by atoms with van der Waals surface area (Å²) in [4.78, 5) is 108. The molecule has 3 fully saturated rings. The molecular formula is C47H65ClN6O14S. The number of thioether (sulfide) groups is 1. The van der Waals surface area contributed by atoms with E-state index in [4.69, 9.17) is 41.0 Å². The number of methoxy groups -OCH3 is 2. The van der Waals surface area contributed by atoms with Crippen molar-refractivity contribution in [3.8, 4) is 5.75 Å². The molecule has 5 rings (SSSR count). The Kier molecular flexibility index (Phi) is 18.5. The van der Waals surface area contributed by atoms with Crippen molar-refractivity contribution in [2.75, 3.05) is 52.1 Å². The van der Waals surface area contributed by atoms with Crippen molar-refractivity contribution in [1.29, 1.82) is 0 Å². The number of esters is 1. The molecule has 4 bridgehead atoms. The molecule has 0 saturated carbocycles. The second-order valence-electron chi connectivity index (χ2n) is 18.3. The maximum Gasteiger partial charge on any atom is 0.409 e. The van der Waals surface area contributed by atoms with Gasteiger partial charge in [-0.1, -0.05) is 42.3 Å². The van der Waals surface area contributed by atoms with Gasteiger partial charge >= 0.3 is 12.1 Å². The Bertz CT molecular complexity index is 2230. The first kappa shape index (κ1) is 54.9. The smallest absolute Gasteiger partial charge is 0.409 e. The number of carbonyl (C=O) groups excluding carboxylic acids is 8. The van der Waals surface area contributed by atoms with Gasteiger partial charge in [-0.15, -0.1) is 11.8 Å². The van der Waals surface area contributed by atoms with E-state index in [0.717, 1.165) is 27.8 Å². The Hall–Kier alpha value is -5.06. The molecular weight excluding hydrogens is 940 g/mol. The topological polar surface area (TPSA) is 266 Å². The molecule has 1 aromatic rings. The van der Waals surface area contributed by atoms with Crippen LogP contribution in [0, 0.1) is 5.92 Å². The summed E-state index contributed by atoms with van der Waals surface area (Å²) in [6.07, 6.45) is 0.286. The van der Waals surface area contributed by atoms with Crippen molar-refractivity contribution >= 4 is 76.4 Å². The number of alkyl carbamates (subject to hydrolysis) is 1. The first-order valence-electron chi connectivity index (χ1n) is 22.8. The van der Waals surface area contributed by atoms with E-state index in [-0.39, 0.29) is 61.8 Å². The number of likely N-dealkylation sites (N-methyl/N-ethyl adjacent to an activating group) is 1. The van der Waals surface area contributed by atoms with Gasteiger partial charge in [0.2, 0.25) is 29.5 Å². The fourth-order valence-corrected chi connectivity index (χ4v) is 10.0. The molecule has 0 aliphatic carbocycles. The molecule has 4 aliphatic heterocycles. The van der Waals surface area contributed by atoms with Gasteiger partial charge in [-0.05, 0) is 58.2 Å². The van der Waals surface area contributed by atoms with Gasteiger partial charge in [-0.3, -0.25) is 39.0 Å². The van der Waals surface area contributed by atoms with E-state index in [1.165, 1.54) is 52.0 Å². The van der Waals surface area contributed by atoms with Crippen LogP contribution < -0.4 is 26.0 Å². The highest BCUT2D eigenvalue weighted by atomic mass is 35.5. The summed E-state index contributed by atoms with van der Waals surface area (Å²) in [5.41, 5.74) is 4.73. The first-order chi connectivity index (χ1) is 32.4. The molecule has 0 radical (unpaired) electrons. The highest BCUT2D eigenvalue weighted by Crippen LogP contribution is 2.49. The summed E-state index contributed by atoms with van der Waals surface area (Å²) in [6, 6.07) is 1.38. The van der Waals surface area contributed by atoms with Crippen molar-refractivity contribution in [2.45, 2.75) is 133 Å². The van der Waals surface area contributed by atoms with E-state index >= 15 is 0 Å². The van der Waals surface area contributed by atoms with Crippen LogP contribution in [0.5, 0.6) is 5.75 Å². The number of halogens is 1. The maximum absolute atomic E-state index is 14.3. The normalized spacial score (nSPS) is 29.4. The summed E-state index contributed by atoms with van der Waals surface area (Å²) in [6.45, 7) is 8.27. The number of allylic oxidation sites excluding steroid dienone is 3. The molecule has 69 heavy (non-hydrogen) atoms. The summed E-state index contributed by atoms with van der Waals surface area (Å²) in [5.74, 6) is -3.52. The first-order valence-corrected chi connectivity index (χ1v) is 24.2. The number of carbonyl (C=O) groups is 8. The Balaban J connectivity index is 1.29. The molecule has 8 unspecified atom stereocenters. The number of anilines is 1. The molecule has 4 aliphatic rings. The van der Waals surface area contributed by atoms with Gasteiger partial charge in [0.25, 0.3) is 0 Å². The van der Waals surface area contributed by atoms with Gasteiger partial charge < -0.3 is 49.6 Å². The third kappa shape index (κ3) is 13.2. The molecule has 0 aromatic heterocycles. The molecule has 3 saturated heterocycles. The number of rotatable bonds is 16. The summed E-state index contributed by atoms with van der Waals surface area (Å²) in [7, 11) is 5.80. The standard InChI is InChI=1S/C47H65ClN6O14S/c1-25-12-10-13-35(65-9)47(63)23-33(66-45(62)51-47)27(3)41-46(5,68-41)36(22-38(57)53(7)31-19-29(18-25)20-32(64-8)40(31)48)67-44(61)28(4)52(6)37(56)14-11-17-54-39(58)21-34(43(54)60)69-24-30(49)42(59)50-16-15-26(2)55/h10,12-13,19-20,27-28,30,33-36,41,63H,11,14-18,21-24,49H2,1-9H3,(H,50,59)(H,51,62)/b13-10-,25-12+/t27?,28-,30-,33?,34?,35?,36?,41?,46?,47?/m0/s1. The highest BCUT2D eigenvalue weighted by Gasteiger charge is 2.64. The lowest BCUT2D eigenvalue weighted by atomic mass is 9.83. The van der Waals surface area contributed by atoms with Crippen molar-refractivity contribution in [2.24, 2.45) is 11.7 Å². The average molecular weight is 1010 g/mol. The Morgan fingerprint density at radius 3 is 2.51 bits per heavy atom. The number of likely N-dealkylation sites (tertiary alicyclic amines) is 1. The Morgan fingerprint density at radius 1 is 1.13 bits per heavy atom. The quantitative estimate of drug-likeness (QED) is 0.105. The Labute approximate surface area is 411 Å².